The van der Waals surface area contributed by atoms with Gasteiger partial charge in [-0.25, -0.2) is 17.6 Å². The summed E-state index contributed by atoms with van der Waals surface area (Å²) in [5.41, 5.74) is 0.474. The van der Waals surface area contributed by atoms with Gasteiger partial charge in [0.2, 0.25) is 0 Å². The normalized spacial score (nSPS) is 25.4. The second kappa shape index (κ2) is 8.17. The summed E-state index contributed by atoms with van der Waals surface area (Å²) in [6, 6.07) is 9.31. The van der Waals surface area contributed by atoms with Crippen LogP contribution in [0.15, 0.2) is 42.5 Å². The SMILES string of the molecule is [2H]C1CC(CCC)CC([2H])([2H])C1c1ccc2c(F)c(-c3cc(F)c(F)c(F)c3)ccc2c1. The van der Waals surface area contributed by atoms with Crippen LogP contribution in [0.5, 0.6) is 0 Å². The van der Waals surface area contributed by atoms with E-state index >= 15 is 4.39 Å². The average Bonchev–Trinajstić information content (AvgIpc) is 2.71. The van der Waals surface area contributed by atoms with Gasteiger partial charge >= 0.3 is 0 Å². The van der Waals surface area contributed by atoms with Crippen LogP contribution in [-0.4, -0.2) is 0 Å². The second-order valence-corrected chi connectivity index (χ2v) is 7.67. The Labute approximate surface area is 172 Å². The molecule has 0 bridgehead atoms. The average molecular weight is 403 g/mol. The number of halogens is 4. The highest BCUT2D eigenvalue weighted by molar-refractivity contribution is 5.89. The summed E-state index contributed by atoms with van der Waals surface area (Å²) >= 11 is 0. The standard InChI is InChI=1S/C25H24F4/c1-2-3-15-4-6-16(7-5-15)17-8-10-20-18(12-17)9-11-21(24(20)28)19-13-22(26)25(29)23(27)14-19/h8-16H,2-7H2,1H3/i6D,7D2. The molecular formula is C25H24F4. The quantitative estimate of drug-likeness (QED) is 0.305. The fraction of sp³-hybridized carbons (Fsp3) is 0.360. The van der Waals surface area contributed by atoms with E-state index in [1.165, 1.54) is 12.1 Å². The summed E-state index contributed by atoms with van der Waals surface area (Å²) in [6.45, 7) is 2.06. The van der Waals surface area contributed by atoms with Gasteiger partial charge in [0.1, 0.15) is 5.82 Å². The molecule has 1 aliphatic carbocycles. The third-order valence-corrected chi connectivity index (χ3v) is 5.66. The van der Waals surface area contributed by atoms with Gasteiger partial charge in [0.15, 0.2) is 17.5 Å². The zero-order valence-electron chi connectivity index (χ0n) is 19.1. The Morgan fingerprint density at radius 3 is 2.38 bits per heavy atom. The second-order valence-electron chi connectivity index (χ2n) is 7.67. The van der Waals surface area contributed by atoms with Crippen LogP contribution in [0.2, 0.25) is 0 Å². The van der Waals surface area contributed by atoms with E-state index < -0.39 is 42.0 Å². The van der Waals surface area contributed by atoms with Crippen LogP contribution in [0.25, 0.3) is 21.9 Å². The molecule has 0 nitrogen and oxygen atoms in total. The Bertz CT molecular complexity index is 1140. The lowest BCUT2D eigenvalue weighted by molar-refractivity contribution is 0.308. The number of fused-ring (bicyclic) bond motifs is 1. The van der Waals surface area contributed by atoms with Crippen molar-refractivity contribution < 1.29 is 21.7 Å². The van der Waals surface area contributed by atoms with E-state index in [0.29, 0.717) is 23.8 Å². The molecule has 1 aliphatic rings. The summed E-state index contributed by atoms with van der Waals surface area (Å²) in [5, 5.41) is 0.712. The Balaban J connectivity index is 1.73. The van der Waals surface area contributed by atoms with Gasteiger partial charge in [-0.05, 0) is 66.1 Å². The van der Waals surface area contributed by atoms with Crippen LogP contribution in [0.4, 0.5) is 17.6 Å². The summed E-state index contributed by atoms with van der Waals surface area (Å²) in [5.74, 6) is -5.52. The molecule has 3 aromatic carbocycles. The maximum absolute atomic E-state index is 15.2. The van der Waals surface area contributed by atoms with E-state index in [9.17, 15) is 13.2 Å². The fourth-order valence-corrected chi connectivity index (χ4v) is 4.11. The van der Waals surface area contributed by atoms with E-state index in [1.54, 1.807) is 18.2 Å². The van der Waals surface area contributed by atoms with E-state index in [2.05, 4.69) is 6.92 Å². The number of hydrogen-bond acceptors (Lipinski definition) is 0. The highest BCUT2D eigenvalue weighted by atomic mass is 19.2. The zero-order valence-corrected chi connectivity index (χ0v) is 16.1. The van der Waals surface area contributed by atoms with Crippen molar-refractivity contribution in [2.24, 2.45) is 5.92 Å². The van der Waals surface area contributed by atoms with Crippen LogP contribution >= 0.6 is 0 Å². The monoisotopic (exact) mass is 403 g/mol. The number of hydrogen-bond donors (Lipinski definition) is 0. The summed E-state index contributed by atoms with van der Waals surface area (Å²) in [7, 11) is 0. The van der Waals surface area contributed by atoms with Gasteiger partial charge in [0, 0.05) is 15.1 Å². The predicted molar refractivity (Wildman–Crippen MR) is 109 cm³/mol. The molecule has 0 heterocycles. The number of rotatable bonds is 4. The van der Waals surface area contributed by atoms with E-state index in [-0.39, 0.29) is 22.4 Å². The smallest absolute Gasteiger partial charge is 0.194 e. The van der Waals surface area contributed by atoms with Crippen LogP contribution in [-0.2, 0) is 0 Å². The van der Waals surface area contributed by atoms with E-state index in [1.807, 2.05) is 0 Å². The van der Waals surface area contributed by atoms with Gasteiger partial charge in [-0.15, -0.1) is 0 Å². The van der Waals surface area contributed by atoms with Crippen molar-refractivity contribution >= 4 is 10.8 Å². The molecule has 152 valence electrons. The van der Waals surface area contributed by atoms with Crippen molar-refractivity contribution in [3.63, 3.8) is 0 Å². The van der Waals surface area contributed by atoms with Crippen molar-refractivity contribution in [2.75, 3.05) is 0 Å². The third-order valence-electron chi connectivity index (χ3n) is 5.66. The van der Waals surface area contributed by atoms with Gasteiger partial charge in [-0.2, -0.15) is 0 Å². The minimum atomic E-state index is -1.60. The Hall–Kier alpha value is -2.36. The zero-order chi connectivity index (χ0) is 23.2. The van der Waals surface area contributed by atoms with Gasteiger partial charge < -0.3 is 0 Å². The first-order valence-corrected chi connectivity index (χ1v) is 9.91. The molecule has 0 aromatic heterocycles. The molecule has 0 saturated heterocycles. The largest absolute Gasteiger partial charge is 0.206 e. The molecule has 0 radical (unpaired) electrons. The molecule has 0 aliphatic heterocycles. The molecule has 3 aromatic rings. The molecule has 0 amide bonds. The van der Waals surface area contributed by atoms with Gasteiger partial charge in [0.05, 0.1) is 0 Å². The molecule has 4 heteroatoms. The lowest BCUT2D eigenvalue weighted by Crippen LogP contribution is -2.13. The van der Waals surface area contributed by atoms with Crippen LogP contribution < -0.4 is 0 Å². The van der Waals surface area contributed by atoms with Crippen molar-refractivity contribution in [3.05, 3.63) is 71.3 Å². The summed E-state index contributed by atoms with van der Waals surface area (Å²) in [6.07, 6.45) is 0.746. The van der Waals surface area contributed by atoms with Crippen molar-refractivity contribution in [3.8, 4) is 11.1 Å². The molecule has 29 heavy (non-hydrogen) atoms. The lowest BCUT2D eigenvalue weighted by Gasteiger charge is -2.28. The fourth-order valence-electron chi connectivity index (χ4n) is 4.11. The van der Waals surface area contributed by atoms with E-state index in [4.69, 9.17) is 4.11 Å². The maximum atomic E-state index is 15.2. The van der Waals surface area contributed by atoms with Crippen molar-refractivity contribution in [1.82, 2.24) is 0 Å². The molecule has 0 N–H and O–H groups in total. The summed E-state index contributed by atoms with van der Waals surface area (Å²) in [4.78, 5) is 0. The van der Waals surface area contributed by atoms with Gasteiger partial charge in [-0.3, -0.25) is 0 Å². The first-order chi connectivity index (χ1) is 15.1. The Morgan fingerprint density at radius 2 is 1.69 bits per heavy atom. The molecule has 4 rings (SSSR count). The minimum Gasteiger partial charge on any atom is -0.206 e. The van der Waals surface area contributed by atoms with Crippen LogP contribution in [0.3, 0.4) is 0 Å². The molecule has 3 atom stereocenters. The highest BCUT2D eigenvalue weighted by Crippen LogP contribution is 2.39. The van der Waals surface area contributed by atoms with E-state index in [0.717, 1.165) is 25.0 Å². The third kappa shape index (κ3) is 3.90. The molecular weight excluding hydrogens is 376 g/mol. The first kappa shape index (κ1) is 16.4. The topological polar surface area (TPSA) is 0 Å². The number of benzene rings is 3. The summed E-state index contributed by atoms with van der Waals surface area (Å²) < 4.78 is 81.5. The molecule has 1 saturated carbocycles. The minimum absolute atomic E-state index is 0.0585. The van der Waals surface area contributed by atoms with Crippen LogP contribution in [0, 0.1) is 29.2 Å². The van der Waals surface area contributed by atoms with Crippen molar-refractivity contribution in [1.29, 1.82) is 0 Å². The van der Waals surface area contributed by atoms with Crippen molar-refractivity contribution in [2.45, 2.75) is 51.3 Å². The molecule has 1 fully saturated rings. The Kier molecular flexibility index (Phi) is 4.63. The van der Waals surface area contributed by atoms with Crippen LogP contribution in [0.1, 0.15) is 61.0 Å². The van der Waals surface area contributed by atoms with Gasteiger partial charge in [0.25, 0.3) is 0 Å². The Morgan fingerprint density at radius 1 is 0.931 bits per heavy atom. The first-order valence-electron chi connectivity index (χ1n) is 11.5. The molecule has 0 spiro atoms. The maximum Gasteiger partial charge on any atom is 0.194 e. The highest BCUT2D eigenvalue weighted by Gasteiger charge is 2.22. The predicted octanol–water partition coefficient (Wildman–Crippen LogP) is 8.14. The lowest BCUT2D eigenvalue weighted by atomic mass is 9.77. The molecule has 3 unspecified atom stereocenters. The van der Waals surface area contributed by atoms with Gasteiger partial charge in [-0.1, -0.05) is 50.1 Å².